The molecule has 174 valence electrons. The highest BCUT2D eigenvalue weighted by atomic mass is 32.2. The van der Waals surface area contributed by atoms with Crippen LogP contribution in [0, 0.1) is 6.92 Å². The fourth-order valence-corrected chi connectivity index (χ4v) is 5.30. The fourth-order valence-electron chi connectivity index (χ4n) is 3.93. The second-order valence-electron chi connectivity index (χ2n) is 7.92. The minimum atomic E-state index is -3.03. The first-order chi connectivity index (χ1) is 17.0. The van der Waals surface area contributed by atoms with Gasteiger partial charge in [0.05, 0.1) is 22.6 Å². The molecule has 5 rings (SSSR count). The first-order valence-electron chi connectivity index (χ1n) is 10.9. The van der Waals surface area contributed by atoms with Gasteiger partial charge in [0, 0.05) is 10.9 Å². The van der Waals surface area contributed by atoms with E-state index in [1.165, 1.54) is 11.3 Å². The molecule has 35 heavy (non-hydrogen) atoms. The summed E-state index contributed by atoms with van der Waals surface area (Å²) in [5.41, 5.74) is 3.71. The van der Waals surface area contributed by atoms with Gasteiger partial charge < -0.3 is 0 Å². The highest BCUT2D eigenvalue weighted by Gasteiger charge is 2.20. The zero-order valence-electron chi connectivity index (χ0n) is 18.7. The zero-order chi connectivity index (χ0) is 24.4. The maximum Gasteiger partial charge on any atom is 0.259 e. The number of nitrogens with one attached hydrogen (secondary N) is 1. The molecular formula is C27H21N3O3S2. The fraction of sp³-hybridized carbons (Fsp3) is 0.0370. The molecule has 0 aliphatic carbocycles. The molecule has 4 aromatic carbocycles. The summed E-state index contributed by atoms with van der Waals surface area (Å²) in [4.78, 5) is 17.9. The average Bonchev–Trinajstić information content (AvgIpc) is 3.33. The van der Waals surface area contributed by atoms with Crippen molar-refractivity contribution in [1.82, 2.24) is 4.98 Å². The molecule has 0 bridgehead atoms. The second kappa shape index (κ2) is 9.69. The quantitative estimate of drug-likeness (QED) is 0.273. The molecule has 0 unspecified atom stereocenters. The average molecular weight is 500 g/mol. The van der Waals surface area contributed by atoms with Crippen molar-refractivity contribution in [1.29, 1.82) is 0 Å². The minimum absolute atomic E-state index is 0.231. The first kappa shape index (κ1) is 22.8. The molecule has 0 aliphatic heterocycles. The van der Waals surface area contributed by atoms with Gasteiger partial charge in [0.2, 0.25) is 10.9 Å². The number of para-hydroxylation sites is 1. The molecule has 1 N–H and O–H groups in total. The number of anilines is 3. The van der Waals surface area contributed by atoms with Crippen LogP contribution in [-0.2, 0) is 10.9 Å². The van der Waals surface area contributed by atoms with E-state index in [4.69, 9.17) is 0 Å². The largest absolute Gasteiger partial charge is 0.298 e. The summed E-state index contributed by atoms with van der Waals surface area (Å²) in [6.07, 6.45) is 0. The maximum atomic E-state index is 13.2. The van der Waals surface area contributed by atoms with Crippen molar-refractivity contribution in [2.24, 2.45) is 0 Å². The first-order valence-corrected chi connectivity index (χ1v) is 12.9. The Hall–Kier alpha value is -4.01. The number of carbonyl (C=O) groups is 1. The number of hydrogen-bond acceptors (Lipinski definition) is 5. The van der Waals surface area contributed by atoms with Crippen LogP contribution in [-0.4, -0.2) is 19.3 Å². The van der Waals surface area contributed by atoms with Crippen LogP contribution in [0.3, 0.4) is 0 Å². The molecule has 6 nitrogen and oxygen atoms in total. The number of thiol groups is 1. The van der Waals surface area contributed by atoms with Gasteiger partial charge in [-0.25, -0.2) is 17.7 Å². The van der Waals surface area contributed by atoms with Gasteiger partial charge >= 0.3 is 0 Å². The van der Waals surface area contributed by atoms with Crippen LogP contribution < -0.4 is 9.62 Å². The number of benzene rings is 4. The summed E-state index contributed by atoms with van der Waals surface area (Å²) < 4.78 is 25.6. The lowest BCUT2D eigenvalue weighted by Gasteiger charge is -2.20. The van der Waals surface area contributed by atoms with E-state index in [1.807, 2.05) is 66.9 Å². The Morgan fingerprint density at radius 3 is 2.40 bits per heavy atom. The lowest BCUT2D eigenvalue weighted by molar-refractivity contribution is 0.102. The van der Waals surface area contributed by atoms with Gasteiger partial charge in [0.1, 0.15) is 0 Å². The van der Waals surface area contributed by atoms with Crippen molar-refractivity contribution in [3.05, 3.63) is 108 Å². The van der Waals surface area contributed by atoms with Crippen molar-refractivity contribution in [3.8, 4) is 11.3 Å². The third kappa shape index (κ3) is 4.66. The molecule has 1 aromatic heterocycles. The molecule has 0 atom stereocenters. The van der Waals surface area contributed by atoms with Crippen LogP contribution in [0.2, 0.25) is 0 Å². The van der Waals surface area contributed by atoms with Crippen LogP contribution in [0.4, 0.5) is 16.5 Å². The molecule has 1 amide bonds. The summed E-state index contributed by atoms with van der Waals surface area (Å²) in [6, 6.07) is 27.8. The third-order valence-corrected chi connectivity index (χ3v) is 7.14. The summed E-state index contributed by atoms with van der Waals surface area (Å²) in [7, 11) is -3.03. The Bertz CT molecular complexity index is 1590. The van der Waals surface area contributed by atoms with Crippen LogP contribution in [0.5, 0.6) is 0 Å². The molecule has 0 aliphatic rings. The van der Waals surface area contributed by atoms with Crippen molar-refractivity contribution < 1.29 is 13.2 Å². The monoisotopic (exact) mass is 499 g/mol. The van der Waals surface area contributed by atoms with Crippen molar-refractivity contribution in [2.45, 2.75) is 6.92 Å². The van der Waals surface area contributed by atoms with E-state index < -0.39 is 16.8 Å². The van der Waals surface area contributed by atoms with Gasteiger partial charge in [-0.15, -0.1) is 11.3 Å². The minimum Gasteiger partial charge on any atom is -0.298 e. The van der Waals surface area contributed by atoms with Crippen molar-refractivity contribution in [3.63, 3.8) is 0 Å². The number of aromatic nitrogens is 1. The zero-order valence-corrected chi connectivity index (χ0v) is 20.4. The summed E-state index contributed by atoms with van der Waals surface area (Å²) in [5.74, 6) is -0.437. The number of hydrogen-bond donors (Lipinski definition) is 2. The van der Waals surface area contributed by atoms with Crippen LogP contribution in [0.15, 0.2) is 96.4 Å². The molecule has 0 saturated carbocycles. The Labute approximate surface area is 208 Å². The smallest absolute Gasteiger partial charge is 0.259 e. The van der Waals surface area contributed by atoms with Gasteiger partial charge in [0.25, 0.3) is 5.91 Å². The van der Waals surface area contributed by atoms with Crippen LogP contribution >= 0.6 is 11.3 Å². The highest BCUT2D eigenvalue weighted by molar-refractivity contribution is 7.74. The van der Waals surface area contributed by atoms with Gasteiger partial charge in [-0.05, 0) is 42.0 Å². The van der Waals surface area contributed by atoms with Crippen LogP contribution in [0.25, 0.3) is 22.0 Å². The van der Waals surface area contributed by atoms with E-state index >= 15 is 0 Å². The Balaban J connectivity index is 1.46. The molecule has 0 saturated heterocycles. The molecule has 0 spiro atoms. The van der Waals surface area contributed by atoms with E-state index in [0.29, 0.717) is 10.8 Å². The number of thiazole rings is 1. The molecule has 0 fully saturated rings. The Kier molecular flexibility index (Phi) is 6.31. The molecule has 1 heterocycles. The maximum absolute atomic E-state index is 13.2. The molecule has 8 heteroatoms. The third-order valence-electron chi connectivity index (χ3n) is 5.61. The predicted octanol–water partition coefficient (Wildman–Crippen LogP) is 6.19. The normalized spacial score (nSPS) is 11.0. The molecule has 5 aromatic rings. The SMILES string of the molecule is Cc1ccc(N(c2ccccc2C(=O)Nc2nc(-c3cccc4ccccc34)cs2)[SH](=O)=O)cc1. The van der Waals surface area contributed by atoms with E-state index in [0.717, 1.165) is 31.9 Å². The lowest BCUT2D eigenvalue weighted by Crippen LogP contribution is -2.20. The Morgan fingerprint density at radius 2 is 1.60 bits per heavy atom. The highest BCUT2D eigenvalue weighted by Crippen LogP contribution is 2.33. The van der Waals surface area contributed by atoms with Crippen molar-refractivity contribution >= 4 is 55.4 Å². The second-order valence-corrected chi connectivity index (χ2v) is 9.65. The molecule has 0 radical (unpaired) electrons. The summed E-state index contributed by atoms with van der Waals surface area (Å²) in [6.45, 7) is 1.92. The van der Waals surface area contributed by atoms with Gasteiger partial charge in [-0.1, -0.05) is 72.3 Å². The number of carbonyl (C=O) groups excluding carboxylic acids is 1. The summed E-state index contributed by atoms with van der Waals surface area (Å²) >= 11 is 1.32. The van der Waals surface area contributed by atoms with E-state index in [-0.39, 0.29) is 11.3 Å². The number of nitrogens with zero attached hydrogens (tertiary/aromatic N) is 2. The van der Waals surface area contributed by atoms with Crippen molar-refractivity contribution in [2.75, 3.05) is 9.62 Å². The standard InChI is InChI=1S/C27H21N3O3S2/c1-18-13-15-20(16-14-18)30(35(32)33)25-12-5-4-10-23(25)26(31)29-27-28-24(17-34-27)22-11-6-8-19-7-2-3-9-21(19)22/h2-17,35H,1H3,(H,28,29,31). The van der Waals surface area contributed by atoms with Gasteiger partial charge in [-0.3, -0.25) is 10.1 Å². The van der Waals surface area contributed by atoms with Gasteiger partial charge in [-0.2, -0.15) is 0 Å². The number of amides is 1. The van der Waals surface area contributed by atoms with E-state index in [9.17, 15) is 13.2 Å². The topological polar surface area (TPSA) is 79.4 Å². The van der Waals surface area contributed by atoms with E-state index in [2.05, 4.69) is 10.3 Å². The van der Waals surface area contributed by atoms with Gasteiger partial charge in [0.15, 0.2) is 5.13 Å². The number of aryl methyl sites for hydroxylation is 1. The summed E-state index contributed by atoms with van der Waals surface area (Å²) in [5, 5.41) is 7.36. The lowest BCUT2D eigenvalue weighted by atomic mass is 10.0. The molecular weight excluding hydrogens is 478 g/mol. The number of rotatable bonds is 6. The van der Waals surface area contributed by atoms with Crippen LogP contribution in [0.1, 0.15) is 15.9 Å². The Morgan fingerprint density at radius 1 is 0.886 bits per heavy atom. The predicted molar refractivity (Wildman–Crippen MR) is 143 cm³/mol. The number of fused-ring (bicyclic) bond motifs is 1. The van der Waals surface area contributed by atoms with E-state index in [1.54, 1.807) is 36.4 Å².